The Kier molecular flexibility index (Phi) is 4.47. The molecule has 4 heteroatoms. The number of benzene rings is 3. The van der Waals surface area contributed by atoms with Crippen molar-refractivity contribution in [3.8, 4) is 0 Å². The van der Waals surface area contributed by atoms with Gasteiger partial charge >= 0.3 is 6.18 Å². The number of alkyl halides is 3. The van der Waals surface area contributed by atoms with Gasteiger partial charge in [0.15, 0.2) is 0 Å². The van der Waals surface area contributed by atoms with Gasteiger partial charge in [-0.2, -0.15) is 13.2 Å². The quantitative estimate of drug-likeness (QED) is 0.528. The van der Waals surface area contributed by atoms with Crippen molar-refractivity contribution in [3.63, 3.8) is 0 Å². The maximum atomic E-state index is 13.3. The highest BCUT2D eigenvalue weighted by molar-refractivity contribution is 5.85. The molecular weight excluding hydrogens is 347 g/mol. The Morgan fingerprint density at radius 1 is 0.852 bits per heavy atom. The number of hydrogen-bond donors (Lipinski definition) is 0. The van der Waals surface area contributed by atoms with Crippen molar-refractivity contribution in [2.75, 3.05) is 7.05 Å². The smallest absolute Gasteiger partial charge is 0.298 e. The predicted molar refractivity (Wildman–Crippen MR) is 103 cm³/mol. The Bertz CT molecular complexity index is 934. The summed E-state index contributed by atoms with van der Waals surface area (Å²) in [7, 11) is 2.04. The number of hydrogen-bond acceptors (Lipinski definition) is 1. The summed E-state index contributed by atoms with van der Waals surface area (Å²) in [6, 6.07) is 21.6. The normalized spacial score (nSPS) is 16.0. The van der Waals surface area contributed by atoms with Crippen LogP contribution in [0.1, 0.15) is 29.5 Å². The summed E-state index contributed by atoms with van der Waals surface area (Å²) in [6.07, 6.45) is -3.74. The predicted octanol–water partition coefficient (Wildman–Crippen LogP) is 6.07. The van der Waals surface area contributed by atoms with E-state index < -0.39 is 11.6 Å². The summed E-state index contributed by atoms with van der Waals surface area (Å²) in [5, 5.41) is 2.46. The van der Waals surface area contributed by atoms with Gasteiger partial charge in [0.2, 0.25) is 0 Å². The minimum absolute atomic E-state index is 0.205. The molecule has 0 spiro atoms. The monoisotopic (exact) mass is 369 g/mol. The van der Waals surface area contributed by atoms with Crippen LogP contribution in [0.3, 0.4) is 0 Å². The zero-order chi connectivity index (χ0) is 19.1. The van der Waals surface area contributed by atoms with Crippen LogP contribution >= 0.6 is 0 Å². The molecule has 1 aliphatic rings. The van der Waals surface area contributed by atoms with Gasteiger partial charge < -0.3 is 0 Å². The lowest BCUT2D eigenvalue weighted by Crippen LogP contribution is -2.28. The van der Waals surface area contributed by atoms with Gasteiger partial charge in [-0.05, 0) is 47.4 Å². The first-order valence-corrected chi connectivity index (χ1v) is 9.20. The summed E-state index contributed by atoms with van der Waals surface area (Å²) >= 11 is 0. The molecule has 0 amide bonds. The van der Waals surface area contributed by atoms with Gasteiger partial charge in [-0.3, -0.25) is 4.90 Å². The minimum Gasteiger partial charge on any atom is -0.298 e. The molecule has 0 radical (unpaired) electrons. The number of fused-ring (bicyclic) bond motifs is 1. The topological polar surface area (TPSA) is 3.24 Å². The Labute approximate surface area is 157 Å². The molecule has 0 saturated heterocycles. The molecule has 0 aliphatic heterocycles. The number of halogens is 3. The number of nitrogens with zero attached hydrogens (tertiary/aromatic N) is 1. The molecule has 1 nitrogen and oxygen atoms in total. The molecule has 3 aromatic carbocycles. The molecule has 0 N–H and O–H groups in total. The van der Waals surface area contributed by atoms with E-state index in [4.69, 9.17) is 0 Å². The van der Waals surface area contributed by atoms with Crippen molar-refractivity contribution in [2.45, 2.75) is 37.5 Å². The summed E-state index contributed by atoms with van der Waals surface area (Å²) in [4.78, 5) is 2.19. The molecule has 0 bridgehead atoms. The average molecular weight is 369 g/mol. The van der Waals surface area contributed by atoms with Crippen LogP contribution in [0.25, 0.3) is 10.8 Å². The average Bonchev–Trinajstić information content (AvgIpc) is 3.44. The van der Waals surface area contributed by atoms with Crippen molar-refractivity contribution in [1.82, 2.24) is 4.90 Å². The van der Waals surface area contributed by atoms with Crippen LogP contribution in [-0.2, 0) is 18.5 Å². The van der Waals surface area contributed by atoms with Gasteiger partial charge in [-0.1, -0.05) is 66.7 Å². The first kappa shape index (κ1) is 18.1. The zero-order valence-electron chi connectivity index (χ0n) is 15.3. The van der Waals surface area contributed by atoms with Crippen LogP contribution in [-0.4, -0.2) is 18.1 Å². The molecule has 0 aromatic heterocycles. The molecule has 27 heavy (non-hydrogen) atoms. The molecule has 1 aliphatic carbocycles. The van der Waals surface area contributed by atoms with Crippen LogP contribution in [0, 0.1) is 0 Å². The van der Waals surface area contributed by atoms with E-state index in [-0.39, 0.29) is 12.8 Å². The third-order valence-electron chi connectivity index (χ3n) is 5.57. The lowest BCUT2D eigenvalue weighted by molar-refractivity contribution is -0.160. The van der Waals surface area contributed by atoms with Crippen LogP contribution in [0.2, 0.25) is 0 Å². The summed E-state index contributed by atoms with van der Waals surface area (Å²) in [6.45, 7) is 1.48. The van der Waals surface area contributed by atoms with E-state index in [0.29, 0.717) is 12.1 Å². The van der Waals surface area contributed by atoms with E-state index in [1.807, 2.05) is 31.3 Å². The van der Waals surface area contributed by atoms with Crippen molar-refractivity contribution >= 4 is 10.8 Å². The molecule has 0 heterocycles. The minimum atomic E-state index is -4.15. The van der Waals surface area contributed by atoms with Crippen LogP contribution in [0.5, 0.6) is 0 Å². The number of rotatable bonds is 5. The maximum absolute atomic E-state index is 13.3. The van der Waals surface area contributed by atoms with Gasteiger partial charge in [-0.15, -0.1) is 0 Å². The zero-order valence-corrected chi connectivity index (χ0v) is 15.3. The second-order valence-electron chi connectivity index (χ2n) is 7.59. The fourth-order valence-corrected chi connectivity index (χ4v) is 3.88. The molecule has 1 saturated carbocycles. The largest absolute Gasteiger partial charge is 0.398 e. The third-order valence-corrected chi connectivity index (χ3v) is 5.57. The first-order chi connectivity index (χ1) is 12.9. The summed E-state index contributed by atoms with van der Waals surface area (Å²) in [5.41, 5.74) is 1.08. The van der Waals surface area contributed by atoms with Crippen LogP contribution < -0.4 is 0 Å². The van der Waals surface area contributed by atoms with Crippen LogP contribution in [0.4, 0.5) is 13.2 Å². The van der Waals surface area contributed by atoms with Crippen LogP contribution in [0.15, 0.2) is 66.7 Å². The fraction of sp³-hybridized carbons (Fsp3) is 0.304. The van der Waals surface area contributed by atoms with Gasteiger partial charge in [0.25, 0.3) is 0 Å². The van der Waals surface area contributed by atoms with Gasteiger partial charge in [0, 0.05) is 13.1 Å². The standard InChI is InChI=1S/C23H22F3N/c1-27(16-19-7-4-6-18-5-2-3-8-21(18)19)15-17-9-11-20(12-10-17)22(13-14-22)23(24,25)26/h2-12H,13-16H2,1H3. The third kappa shape index (κ3) is 3.46. The Morgan fingerprint density at radius 3 is 2.19 bits per heavy atom. The lowest BCUT2D eigenvalue weighted by Gasteiger charge is -2.21. The van der Waals surface area contributed by atoms with Gasteiger partial charge in [0.05, 0.1) is 5.41 Å². The Hall–Kier alpha value is -2.33. The molecule has 140 valence electrons. The SMILES string of the molecule is CN(Cc1ccc(C2(C(F)(F)F)CC2)cc1)Cc1cccc2ccccc12. The second-order valence-corrected chi connectivity index (χ2v) is 7.59. The van der Waals surface area contributed by atoms with E-state index in [9.17, 15) is 13.2 Å². The van der Waals surface area contributed by atoms with Gasteiger partial charge in [0.1, 0.15) is 0 Å². The van der Waals surface area contributed by atoms with E-state index >= 15 is 0 Å². The summed E-state index contributed by atoms with van der Waals surface area (Å²) in [5.74, 6) is 0. The first-order valence-electron chi connectivity index (χ1n) is 9.20. The fourth-order valence-electron chi connectivity index (χ4n) is 3.88. The second kappa shape index (κ2) is 6.68. The van der Waals surface area contributed by atoms with Crippen molar-refractivity contribution in [3.05, 3.63) is 83.4 Å². The highest BCUT2D eigenvalue weighted by Gasteiger charge is 2.64. The lowest BCUT2D eigenvalue weighted by atomic mass is 9.94. The summed E-state index contributed by atoms with van der Waals surface area (Å²) < 4.78 is 39.8. The molecule has 0 atom stereocenters. The van der Waals surface area contributed by atoms with E-state index in [1.165, 1.54) is 16.3 Å². The molecule has 0 unspecified atom stereocenters. The Balaban J connectivity index is 1.46. The highest BCUT2D eigenvalue weighted by Crippen LogP contribution is 2.58. The van der Waals surface area contributed by atoms with E-state index in [1.54, 1.807) is 12.1 Å². The van der Waals surface area contributed by atoms with Crippen molar-refractivity contribution < 1.29 is 13.2 Å². The maximum Gasteiger partial charge on any atom is 0.398 e. The molecule has 4 rings (SSSR count). The molecular formula is C23H22F3N. The molecule has 1 fully saturated rings. The highest BCUT2D eigenvalue weighted by atomic mass is 19.4. The van der Waals surface area contributed by atoms with Crippen molar-refractivity contribution in [2.24, 2.45) is 0 Å². The Morgan fingerprint density at radius 2 is 1.52 bits per heavy atom. The van der Waals surface area contributed by atoms with E-state index in [2.05, 4.69) is 35.2 Å². The van der Waals surface area contributed by atoms with Gasteiger partial charge in [-0.25, -0.2) is 0 Å². The molecule has 3 aromatic rings. The van der Waals surface area contributed by atoms with E-state index in [0.717, 1.165) is 12.1 Å². The van der Waals surface area contributed by atoms with Crippen molar-refractivity contribution in [1.29, 1.82) is 0 Å².